The maximum Gasteiger partial charge on any atom is 0.317 e. The molecule has 0 aliphatic rings. The molecular weight excluding hydrogens is 520 g/mol. The highest BCUT2D eigenvalue weighted by Gasteiger charge is 2.37. The van der Waals surface area contributed by atoms with Gasteiger partial charge >= 0.3 is 23.9 Å². The minimum Gasteiger partial charge on any atom is -0.480 e. The quantitative estimate of drug-likeness (QED) is 0.0826. The van der Waals surface area contributed by atoms with E-state index in [0.717, 1.165) is 9.80 Å². The molecule has 0 radical (unpaired) electrons. The molecule has 0 aromatic heterocycles. The van der Waals surface area contributed by atoms with E-state index in [4.69, 9.17) is 74.5 Å². The van der Waals surface area contributed by atoms with Crippen molar-refractivity contribution < 1.29 is 59.3 Å². The number of carboxylic acid groups (broad SMARTS) is 4. The summed E-state index contributed by atoms with van der Waals surface area (Å²) < 4.78 is 10.0. The van der Waals surface area contributed by atoms with Crippen molar-refractivity contribution in [3.8, 4) is 0 Å². The fraction of sp³-hybridized carbons (Fsp3) is 0.778. The Hall–Kier alpha value is -2.60. The van der Waals surface area contributed by atoms with E-state index in [1.165, 1.54) is 27.7 Å². The maximum atomic E-state index is 10.6. The fourth-order valence-corrected chi connectivity index (χ4v) is 2.41. The van der Waals surface area contributed by atoms with Gasteiger partial charge in [0.2, 0.25) is 0 Å². The molecule has 0 aromatic carbocycles. The van der Waals surface area contributed by atoms with Gasteiger partial charge in [0, 0.05) is 0 Å². The number of aliphatic carboxylic acids is 4. The van der Waals surface area contributed by atoms with Crippen molar-refractivity contribution in [2.75, 3.05) is 39.4 Å². The summed E-state index contributed by atoms with van der Waals surface area (Å²) in [7, 11) is 0. The second kappa shape index (κ2) is 17.1. The molecule has 0 rings (SSSR count). The van der Waals surface area contributed by atoms with Gasteiger partial charge in [0.25, 0.3) is 0 Å². The number of hydrogen-bond donors (Lipinski definition) is 12. The fourth-order valence-electron chi connectivity index (χ4n) is 2.41. The van der Waals surface area contributed by atoms with Gasteiger partial charge in [-0.25, -0.2) is 9.80 Å². The first-order valence-corrected chi connectivity index (χ1v) is 10.5. The van der Waals surface area contributed by atoms with E-state index >= 15 is 0 Å². The van der Waals surface area contributed by atoms with Crippen LogP contribution in [0.15, 0.2) is 0 Å². The van der Waals surface area contributed by atoms with Gasteiger partial charge in [-0.2, -0.15) is 0 Å². The van der Waals surface area contributed by atoms with Crippen LogP contribution < -0.4 is 34.4 Å². The Bertz CT molecular complexity index is 659. The first kappa shape index (κ1) is 39.9. The van der Waals surface area contributed by atoms with E-state index in [9.17, 15) is 19.2 Å². The molecule has 18 N–H and O–H groups in total. The number of carbonyl (C=O) groups is 4. The molecule has 0 heterocycles. The van der Waals surface area contributed by atoms with Crippen LogP contribution in [0, 0.1) is 0 Å². The average molecular weight is 563 g/mol. The summed E-state index contributed by atoms with van der Waals surface area (Å²) in [4.78, 5) is 44.2. The Balaban J connectivity index is -0.000000564. The Morgan fingerprint density at radius 3 is 0.842 bits per heavy atom. The summed E-state index contributed by atoms with van der Waals surface area (Å²) in [5.41, 5.74) is 32.8. The first-order chi connectivity index (χ1) is 16.8. The molecule has 0 saturated heterocycles. The Labute approximate surface area is 218 Å². The molecule has 2 atom stereocenters. The second-order valence-corrected chi connectivity index (χ2v) is 8.42. The van der Waals surface area contributed by atoms with Gasteiger partial charge < -0.3 is 40.1 Å². The van der Waals surface area contributed by atoms with Crippen LogP contribution in [-0.2, 0) is 28.7 Å². The summed E-state index contributed by atoms with van der Waals surface area (Å²) in [6.07, 6.45) is 0. The highest BCUT2D eigenvalue weighted by molar-refractivity contribution is 5.73. The van der Waals surface area contributed by atoms with E-state index in [1.807, 2.05) is 0 Å². The van der Waals surface area contributed by atoms with Crippen molar-refractivity contribution in [2.45, 2.75) is 51.1 Å². The van der Waals surface area contributed by atoms with Gasteiger partial charge in [-0.3, -0.25) is 53.6 Å². The SMILES string of the molecule is CC(N)(N)OC(C)(N)N(CC(=O)O)CC(=O)O.CC(N)(N)OC(C)(N)N(CC(=O)O)CC(=O)O.OCCO. The van der Waals surface area contributed by atoms with Crippen LogP contribution in [0.3, 0.4) is 0 Å². The smallest absolute Gasteiger partial charge is 0.317 e. The number of nitrogens with zero attached hydrogens (tertiary/aromatic N) is 2. The molecule has 0 aromatic rings. The molecule has 0 aliphatic heterocycles. The Morgan fingerprint density at radius 2 is 0.737 bits per heavy atom. The van der Waals surface area contributed by atoms with Gasteiger partial charge in [0.15, 0.2) is 23.4 Å². The van der Waals surface area contributed by atoms with Crippen molar-refractivity contribution in [3.63, 3.8) is 0 Å². The first-order valence-electron chi connectivity index (χ1n) is 10.5. The number of rotatable bonds is 15. The molecule has 0 saturated carbocycles. The number of nitrogens with two attached hydrogens (primary N) is 6. The monoisotopic (exact) mass is 562 g/mol. The number of ether oxygens (including phenoxy) is 2. The third kappa shape index (κ3) is 23.8. The number of hydrogen-bond acceptors (Lipinski definition) is 16. The lowest BCUT2D eigenvalue weighted by molar-refractivity contribution is -0.213. The van der Waals surface area contributed by atoms with Crippen LogP contribution >= 0.6 is 0 Å². The Kier molecular flexibility index (Phi) is 17.9. The van der Waals surface area contributed by atoms with Crippen LogP contribution in [0.4, 0.5) is 0 Å². The topological polar surface area (TPSA) is 371 Å². The van der Waals surface area contributed by atoms with Crippen molar-refractivity contribution in [3.05, 3.63) is 0 Å². The van der Waals surface area contributed by atoms with Crippen molar-refractivity contribution in [1.29, 1.82) is 0 Å². The summed E-state index contributed by atoms with van der Waals surface area (Å²) in [5.74, 6) is -11.6. The molecule has 2 unspecified atom stereocenters. The van der Waals surface area contributed by atoms with Gasteiger partial charge in [0.05, 0.1) is 13.2 Å². The van der Waals surface area contributed by atoms with Crippen LogP contribution in [-0.4, -0.2) is 127 Å². The standard InChI is InChI=1S/2C8H18N4O5.C2H6O2/c2*1-7(9,10)17-8(2,11)12(3-5(13)14)4-6(15)16;3-1-2-4/h2*3-4,9-11H2,1-2H3,(H,13,14)(H,15,16);3-4H,1-2H2. The molecule has 0 amide bonds. The van der Waals surface area contributed by atoms with Gasteiger partial charge in [0.1, 0.15) is 26.2 Å². The number of aliphatic hydroxyl groups excluding tert-OH is 2. The van der Waals surface area contributed by atoms with Crippen molar-refractivity contribution in [1.82, 2.24) is 9.80 Å². The summed E-state index contributed by atoms with van der Waals surface area (Å²) in [6, 6.07) is 0. The minimum absolute atomic E-state index is 0.125. The zero-order valence-corrected chi connectivity index (χ0v) is 21.7. The highest BCUT2D eigenvalue weighted by Crippen LogP contribution is 2.14. The Morgan fingerprint density at radius 1 is 0.553 bits per heavy atom. The average Bonchev–Trinajstić information content (AvgIpc) is 2.62. The van der Waals surface area contributed by atoms with Gasteiger partial charge in [-0.15, -0.1) is 0 Å². The third-order valence-electron chi connectivity index (χ3n) is 3.51. The van der Waals surface area contributed by atoms with Crippen molar-refractivity contribution in [2.24, 2.45) is 34.4 Å². The minimum atomic E-state index is -1.71. The lowest BCUT2D eigenvalue weighted by Gasteiger charge is -2.39. The van der Waals surface area contributed by atoms with Gasteiger partial charge in [-0.1, -0.05) is 0 Å². The molecule has 0 aliphatic carbocycles. The van der Waals surface area contributed by atoms with Gasteiger partial charge in [-0.05, 0) is 27.7 Å². The predicted octanol–water partition coefficient (Wildman–Crippen LogP) is -5.63. The molecule has 38 heavy (non-hydrogen) atoms. The van der Waals surface area contributed by atoms with E-state index in [2.05, 4.69) is 0 Å². The molecule has 0 bridgehead atoms. The van der Waals surface area contributed by atoms with Crippen molar-refractivity contribution >= 4 is 23.9 Å². The molecular formula is C18H42N8O12. The van der Waals surface area contributed by atoms with Crippen LogP contribution in [0.2, 0.25) is 0 Å². The molecule has 20 heteroatoms. The largest absolute Gasteiger partial charge is 0.480 e. The summed E-state index contributed by atoms with van der Waals surface area (Å²) in [5, 5.41) is 49.9. The van der Waals surface area contributed by atoms with E-state index in [-0.39, 0.29) is 13.2 Å². The highest BCUT2D eigenvalue weighted by atomic mass is 16.6. The zero-order chi connectivity index (χ0) is 31.1. The lowest BCUT2D eigenvalue weighted by atomic mass is 10.3. The van der Waals surface area contributed by atoms with Crippen LogP contribution in [0.1, 0.15) is 27.7 Å². The molecule has 0 fully saturated rings. The van der Waals surface area contributed by atoms with Crippen LogP contribution in [0.25, 0.3) is 0 Å². The summed E-state index contributed by atoms with van der Waals surface area (Å²) >= 11 is 0. The lowest BCUT2D eigenvalue weighted by Crippen LogP contribution is -2.65. The maximum absolute atomic E-state index is 10.6. The normalized spacial score (nSPS) is 14.8. The summed E-state index contributed by atoms with van der Waals surface area (Å²) in [6.45, 7) is 2.44. The second-order valence-electron chi connectivity index (χ2n) is 8.42. The predicted molar refractivity (Wildman–Crippen MR) is 129 cm³/mol. The molecule has 0 spiro atoms. The third-order valence-corrected chi connectivity index (χ3v) is 3.51. The van der Waals surface area contributed by atoms with E-state index in [0.29, 0.717) is 0 Å². The number of carboxylic acids is 4. The number of aliphatic hydroxyl groups is 2. The van der Waals surface area contributed by atoms with E-state index < -0.39 is 73.5 Å². The van der Waals surface area contributed by atoms with E-state index in [1.54, 1.807) is 0 Å². The van der Waals surface area contributed by atoms with Crippen LogP contribution in [0.5, 0.6) is 0 Å². The zero-order valence-electron chi connectivity index (χ0n) is 21.7. The molecule has 20 nitrogen and oxygen atoms in total. The molecule has 226 valence electrons.